The molecule has 148 valence electrons. The minimum Gasteiger partial charge on any atom is -0.494 e. The van der Waals surface area contributed by atoms with Crippen molar-refractivity contribution in [2.45, 2.75) is 12.8 Å². The second kappa shape index (κ2) is 10.3. The van der Waals surface area contributed by atoms with E-state index in [1.54, 1.807) is 11.3 Å². The van der Waals surface area contributed by atoms with Crippen molar-refractivity contribution < 1.29 is 9.47 Å². The van der Waals surface area contributed by atoms with Gasteiger partial charge in [-0.15, -0.1) is 11.3 Å². The van der Waals surface area contributed by atoms with Crippen molar-refractivity contribution >= 4 is 11.3 Å². The van der Waals surface area contributed by atoms with Gasteiger partial charge in [0.15, 0.2) is 0 Å². The molecular formula is C27H22O2S. The Hall–Kier alpha value is -3.48. The number of thiophene rings is 1. The van der Waals surface area contributed by atoms with Crippen molar-refractivity contribution in [3.8, 4) is 39.5 Å². The van der Waals surface area contributed by atoms with E-state index in [1.165, 1.54) is 10.4 Å². The first-order valence-corrected chi connectivity index (χ1v) is 10.8. The van der Waals surface area contributed by atoms with Crippen molar-refractivity contribution in [3.63, 3.8) is 0 Å². The average Bonchev–Trinajstić information content (AvgIpc) is 3.28. The Balaban J connectivity index is 1.19. The van der Waals surface area contributed by atoms with Crippen molar-refractivity contribution in [1.29, 1.82) is 0 Å². The summed E-state index contributed by atoms with van der Waals surface area (Å²) in [5.74, 6) is 8.97. The summed E-state index contributed by atoms with van der Waals surface area (Å²) in [6.07, 6.45) is 1.71. The zero-order chi connectivity index (χ0) is 20.4. The zero-order valence-corrected chi connectivity index (χ0v) is 17.4. The van der Waals surface area contributed by atoms with Crippen LogP contribution in [0.4, 0.5) is 0 Å². The lowest BCUT2D eigenvalue weighted by atomic mass is 10.2. The Morgan fingerprint density at radius 3 is 2.10 bits per heavy atom. The number of rotatable bonds is 7. The lowest BCUT2D eigenvalue weighted by molar-refractivity contribution is 0.312. The molecule has 0 aliphatic carbocycles. The van der Waals surface area contributed by atoms with E-state index >= 15 is 0 Å². The lowest BCUT2D eigenvalue weighted by Crippen LogP contribution is -1.96. The molecular weight excluding hydrogens is 388 g/mol. The van der Waals surface area contributed by atoms with Crippen LogP contribution in [0.25, 0.3) is 10.4 Å². The van der Waals surface area contributed by atoms with Crippen LogP contribution in [-0.2, 0) is 0 Å². The van der Waals surface area contributed by atoms with Gasteiger partial charge >= 0.3 is 0 Å². The average molecular weight is 411 g/mol. The number of unbranched alkanes of at least 4 members (excludes halogenated alkanes) is 1. The lowest BCUT2D eigenvalue weighted by Gasteiger charge is -2.08. The van der Waals surface area contributed by atoms with Crippen LogP contribution in [0.5, 0.6) is 17.2 Å². The molecule has 3 aromatic carbocycles. The molecule has 2 nitrogen and oxygen atoms in total. The first-order chi connectivity index (χ1) is 14.9. The minimum absolute atomic E-state index is 0.646. The van der Waals surface area contributed by atoms with Crippen LogP contribution in [0, 0.1) is 11.8 Å². The molecule has 0 spiro atoms. The molecule has 30 heavy (non-hydrogen) atoms. The van der Waals surface area contributed by atoms with E-state index in [0.29, 0.717) is 6.61 Å². The van der Waals surface area contributed by atoms with E-state index in [-0.39, 0.29) is 0 Å². The molecule has 3 heteroatoms. The molecule has 0 aliphatic rings. The van der Waals surface area contributed by atoms with Crippen LogP contribution >= 0.6 is 11.3 Å². The van der Waals surface area contributed by atoms with Crippen LogP contribution in [0.3, 0.4) is 0 Å². The largest absolute Gasteiger partial charge is 0.494 e. The normalized spacial score (nSPS) is 10.1. The van der Waals surface area contributed by atoms with E-state index in [1.807, 2.05) is 60.7 Å². The van der Waals surface area contributed by atoms with Gasteiger partial charge in [0.2, 0.25) is 0 Å². The van der Waals surface area contributed by atoms with E-state index < -0.39 is 0 Å². The van der Waals surface area contributed by atoms with Crippen molar-refractivity contribution in [2.75, 3.05) is 6.61 Å². The quantitative estimate of drug-likeness (QED) is 0.233. The molecule has 0 aliphatic heterocycles. The fourth-order valence-electron chi connectivity index (χ4n) is 2.89. The fraction of sp³-hybridized carbons (Fsp3) is 0.111. The van der Waals surface area contributed by atoms with Gasteiger partial charge < -0.3 is 9.47 Å². The fourth-order valence-corrected chi connectivity index (χ4v) is 3.78. The maximum absolute atomic E-state index is 5.80. The molecule has 0 fully saturated rings. The molecule has 0 atom stereocenters. The summed E-state index contributed by atoms with van der Waals surface area (Å²) in [7, 11) is 0. The van der Waals surface area contributed by atoms with Gasteiger partial charge in [-0.05, 0) is 60.5 Å². The highest BCUT2D eigenvalue weighted by Crippen LogP contribution is 2.27. The molecule has 1 aromatic heterocycles. The molecule has 4 aromatic rings. The van der Waals surface area contributed by atoms with Crippen molar-refractivity contribution in [3.05, 3.63) is 102 Å². The van der Waals surface area contributed by atoms with Crippen LogP contribution in [0.2, 0.25) is 0 Å². The summed E-state index contributed by atoms with van der Waals surface area (Å²) >= 11 is 1.73. The van der Waals surface area contributed by atoms with Gasteiger partial charge in [-0.3, -0.25) is 0 Å². The second-order valence-electron chi connectivity index (χ2n) is 6.67. The third-order valence-electron chi connectivity index (χ3n) is 4.39. The molecule has 0 saturated heterocycles. The molecule has 4 rings (SSSR count). The third-order valence-corrected chi connectivity index (χ3v) is 5.44. The number of hydrogen-bond acceptors (Lipinski definition) is 3. The van der Waals surface area contributed by atoms with Crippen molar-refractivity contribution in [2.24, 2.45) is 0 Å². The van der Waals surface area contributed by atoms with Crippen LogP contribution in [0.15, 0.2) is 97.1 Å². The van der Waals surface area contributed by atoms with E-state index in [2.05, 4.69) is 48.2 Å². The number of para-hydroxylation sites is 1. The number of hydrogen-bond donors (Lipinski definition) is 0. The monoisotopic (exact) mass is 410 g/mol. The first-order valence-electron chi connectivity index (χ1n) is 9.97. The van der Waals surface area contributed by atoms with E-state index in [9.17, 15) is 0 Å². The second-order valence-corrected chi connectivity index (χ2v) is 7.75. The molecule has 0 bridgehead atoms. The van der Waals surface area contributed by atoms with Crippen LogP contribution in [-0.4, -0.2) is 6.61 Å². The maximum atomic E-state index is 5.80. The highest BCUT2D eigenvalue weighted by molar-refractivity contribution is 7.16. The summed E-state index contributed by atoms with van der Waals surface area (Å²) in [6, 6.07) is 32.1. The number of ether oxygens (including phenoxy) is 2. The third kappa shape index (κ3) is 5.76. The Kier molecular flexibility index (Phi) is 6.83. The van der Waals surface area contributed by atoms with Gasteiger partial charge in [-0.1, -0.05) is 60.4 Å². The molecule has 0 unspecified atom stereocenters. The summed E-state index contributed by atoms with van der Waals surface area (Å²) in [4.78, 5) is 2.35. The Bertz CT molecular complexity index is 1100. The van der Waals surface area contributed by atoms with E-state index in [4.69, 9.17) is 9.47 Å². The zero-order valence-electron chi connectivity index (χ0n) is 16.6. The van der Waals surface area contributed by atoms with Crippen molar-refractivity contribution in [1.82, 2.24) is 0 Å². The van der Waals surface area contributed by atoms with E-state index in [0.717, 1.165) is 35.0 Å². The maximum Gasteiger partial charge on any atom is 0.127 e. The summed E-state index contributed by atoms with van der Waals surface area (Å²) < 4.78 is 11.6. The molecule has 0 saturated carbocycles. The molecule has 0 radical (unpaired) electrons. The van der Waals surface area contributed by atoms with Gasteiger partial charge in [-0.2, -0.15) is 0 Å². The van der Waals surface area contributed by atoms with Gasteiger partial charge in [0.25, 0.3) is 0 Å². The summed E-state index contributed by atoms with van der Waals surface area (Å²) in [5, 5.41) is 0. The SMILES string of the molecule is C(#Cc1ccc(-c2ccccc2)s1)CCCOc1ccc(Oc2ccccc2)cc1. The summed E-state index contributed by atoms with van der Waals surface area (Å²) in [6.45, 7) is 0.646. The standard InChI is InChI=1S/C27H22O2S/c1-4-10-22(11-5-1)27-20-19-26(30-27)14-8-3-9-21-28-23-15-17-25(18-16-23)29-24-12-6-2-7-13-24/h1-2,4-7,10-13,15-20H,3,9,21H2. The topological polar surface area (TPSA) is 18.5 Å². The minimum atomic E-state index is 0.646. The summed E-state index contributed by atoms with van der Waals surface area (Å²) in [5.41, 5.74) is 1.24. The molecule has 1 heterocycles. The number of benzene rings is 3. The van der Waals surface area contributed by atoms with Crippen LogP contribution in [0.1, 0.15) is 17.7 Å². The van der Waals surface area contributed by atoms with Gasteiger partial charge in [0.1, 0.15) is 17.2 Å². The smallest absolute Gasteiger partial charge is 0.127 e. The predicted molar refractivity (Wildman–Crippen MR) is 124 cm³/mol. The Labute approximate surface area is 181 Å². The van der Waals surface area contributed by atoms with Crippen LogP contribution < -0.4 is 9.47 Å². The first kappa shape index (κ1) is 19.8. The Morgan fingerprint density at radius 2 is 1.33 bits per heavy atom. The highest BCUT2D eigenvalue weighted by atomic mass is 32.1. The Morgan fingerprint density at radius 1 is 0.667 bits per heavy atom. The molecule has 0 N–H and O–H groups in total. The predicted octanol–water partition coefficient (Wildman–Crippen LogP) is 7.42. The van der Waals surface area contributed by atoms with Gasteiger partial charge in [-0.25, -0.2) is 0 Å². The van der Waals surface area contributed by atoms with Gasteiger partial charge in [0.05, 0.1) is 11.5 Å². The van der Waals surface area contributed by atoms with Gasteiger partial charge in [0, 0.05) is 11.3 Å². The molecule has 0 amide bonds. The highest BCUT2D eigenvalue weighted by Gasteiger charge is 2.00.